The minimum atomic E-state index is -0.201. The third-order valence-corrected chi connectivity index (χ3v) is 5.48. The lowest BCUT2D eigenvalue weighted by atomic mass is 9.92. The van der Waals surface area contributed by atoms with Crippen LogP contribution in [0.3, 0.4) is 0 Å². The molecule has 0 bridgehead atoms. The van der Waals surface area contributed by atoms with Gasteiger partial charge in [-0.25, -0.2) is 4.79 Å². The van der Waals surface area contributed by atoms with Gasteiger partial charge in [0.2, 0.25) is 0 Å². The zero-order valence-corrected chi connectivity index (χ0v) is 17.5. The number of rotatable bonds is 3. The molecule has 1 unspecified atom stereocenters. The number of hydrogen-bond donors (Lipinski definition) is 0. The number of fused-ring (bicyclic) bond motifs is 2. The topological polar surface area (TPSA) is 26.3 Å². The van der Waals surface area contributed by atoms with E-state index >= 15 is 0 Å². The van der Waals surface area contributed by atoms with E-state index in [4.69, 9.17) is 4.74 Å². The van der Waals surface area contributed by atoms with Crippen LogP contribution in [0.25, 0.3) is 0 Å². The summed E-state index contributed by atoms with van der Waals surface area (Å²) in [7, 11) is 0. The van der Waals surface area contributed by atoms with Gasteiger partial charge in [-0.1, -0.05) is 64.1 Å². The van der Waals surface area contributed by atoms with Crippen LogP contribution in [0.1, 0.15) is 98.5 Å². The fraction of sp³-hybridized carbons (Fsp3) is 0.480. The Kier molecular flexibility index (Phi) is 8.09. The van der Waals surface area contributed by atoms with E-state index in [1.54, 1.807) is 22.8 Å². The number of hydrogen-bond acceptors (Lipinski definition) is 2. The Morgan fingerprint density at radius 1 is 1.00 bits per heavy atom. The van der Waals surface area contributed by atoms with Gasteiger partial charge in [0.05, 0.1) is 5.56 Å². The summed E-state index contributed by atoms with van der Waals surface area (Å²) in [5.41, 5.74) is 6.49. The highest BCUT2D eigenvalue weighted by Gasteiger charge is 2.26. The molecule has 27 heavy (non-hydrogen) atoms. The van der Waals surface area contributed by atoms with Crippen molar-refractivity contribution in [3.8, 4) is 0 Å². The molecule has 0 spiro atoms. The number of esters is 1. The molecule has 2 aromatic carbocycles. The van der Waals surface area contributed by atoms with E-state index in [2.05, 4.69) is 32.0 Å². The maximum absolute atomic E-state index is 11.1. The predicted octanol–water partition coefficient (Wildman–Crippen LogP) is 7.02. The molecular weight excluding hydrogens is 332 g/mol. The first kappa shape index (κ1) is 21.2. The second-order valence-corrected chi connectivity index (χ2v) is 7.03. The zero-order valence-electron chi connectivity index (χ0n) is 17.5. The molecule has 1 aliphatic heterocycles. The van der Waals surface area contributed by atoms with Crippen LogP contribution in [0.2, 0.25) is 0 Å². The summed E-state index contributed by atoms with van der Waals surface area (Å²) in [4.78, 5) is 11.1. The number of cyclic esters (lactones) is 1. The van der Waals surface area contributed by atoms with Crippen molar-refractivity contribution < 1.29 is 9.53 Å². The molecule has 2 aromatic rings. The first-order valence-corrected chi connectivity index (χ1v) is 10.6. The maximum Gasteiger partial charge on any atom is 0.339 e. The lowest BCUT2D eigenvalue weighted by Crippen LogP contribution is -1.96. The Bertz CT molecular complexity index is 744. The smallest absolute Gasteiger partial charge is 0.339 e. The summed E-state index contributed by atoms with van der Waals surface area (Å²) in [5, 5.41) is 0. The molecule has 0 fully saturated rings. The van der Waals surface area contributed by atoms with Gasteiger partial charge in [-0.05, 0) is 67.7 Å². The van der Waals surface area contributed by atoms with Crippen molar-refractivity contribution in [3.63, 3.8) is 0 Å². The molecule has 0 saturated heterocycles. The molecule has 1 atom stereocenters. The second kappa shape index (κ2) is 10.3. The highest BCUT2D eigenvalue weighted by atomic mass is 16.5. The summed E-state index contributed by atoms with van der Waals surface area (Å²) >= 11 is 0. The number of carbonyl (C=O) groups excluding carboxylic acids is 1. The lowest BCUT2D eigenvalue weighted by molar-refractivity contribution is 0.0422. The molecule has 0 radical (unpaired) electrons. The summed E-state index contributed by atoms with van der Waals surface area (Å²) in [5.74, 6) is 0.578. The minimum Gasteiger partial charge on any atom is -0.454 e. The van der Waals surface area contributed by atoms with Gasteiger partial charge in [-0.15, -0.1) is 0 Å². The first-order chi connectivity index (χ1) is 13.1. The van der Waals surface area contributed by atoms with Crippen LogP contribution in [0.15, 0.2) is 42.5 Å². The van der Waals surface area contributed by atoms with Crippen LogP contribution in [0.4, 0.5) is 0 Å². The van der Waals surface area contributed by atoms with Crippen molar-refractivity contribution in [1.82, 2.24) is 0 Å². The van der Waals surface area contributed by atoms with Crippen molar-refractivity contribution in [1.29, 1.82) is 0 Å². The molecule has 1 heterocycles. The average molecular weight is 367 g/mol. The van der Waals surface area contributed by atoms with Crippen molar-refractivity contribution in [2.24, 2.45) is 0 Å². The van der Waals surface area contributed by atoms with E-state index in [1.165, 1.54) is 32.1 Å². The molecule has 0 saturated carbocycles. The quantitative estimate of drug-likeness (QED) is 0.545. The van der Waals surface area contributed by atoms with Crippen LogP contribution in [-0.4, -0.2) is 5.97 Å². The zero-order chi connectivity index (χ0) is 19.8. The fourth-order valence-electron chi connectivity index (χ4n) is 3.93. The maximum atomic E-state index is 11.1. The highest BCUT2D eigenvalue weighted by Crippen LogP contribution is 2.30. The first-order valence-electron chi connectivity index (χ1n) is 10.6. The van der Waals surface area contributed by atoms with Crippen molar-refractivity contribution in [2.45, 2.75) is 78.7 Å². The Balaban J connectivity index is 0.000000181. The van der Waals surface area contributed by atoms with Crippen molar-refractivity contribution in [2.75, 3.05) is 0 Å². The Hall–Kier alpha value is -2.09. The molecule has 4 rings (SSSR count). The van der Waals surface area contributed by atoms with Crippen LogP contribution >= 0.6 is 0 Å². The molecule has 146 valence electrons. The normalized spacial score (nSPS) is 16.5. The van der Waals surface area contributed by atoms with Crippen LogP contribution in [0.5, 0.6) is 0 Å². The largest absolute Gasteiger partial charge is 0.454 e. The monoisotopic (exact) mass is 366 g/mol. The van der Waals surface area contributed by atoms with E-state index in [1.807, 2.05) is 39.0 Å². The molecule has 2 nitrogen and oxygen atoms in total. The van der Waals surface area contributed by atoms with Gasteiger partial charge in [0.1, 0.15) is 6.10 Å². The van der Waals surface area contributed by atoms with Gasteiger partial charge in [0, 0.05) is 5.56 Å². The molecule has 1 aliphatic carbocycles. The molecule has 2 aliphatic rings. The van der Waals surface area contributed by atoms with Crippen LogP contribution < -0.4 is 0 Å². The minimum absolute atomic E-state index is 0.0706. The van der Waals surface area contributed by atoms with Gasteiger partial charge in [-0.3, -0.25) is 0 Å². The van der Waals surface area contributed by atoms with Gasteiger partial charge in [0.25, 0.3) is 0 Å². The highest BCUT2D eigenvalue weighted by molar-refractivity contribution is 5.93. The summed E-state index contributed by atoms with van der Waals surface area (Å²) < 4.78 is 4.99. The van der Waals surface area contributed by atoms with Gasteiger partial charge >= 0.3 is 5.97 Å². The number of ether oxygens (including phenoxy) is 1. The Morgan fingerprint density at radius 3 is 2.33 bits per heavy atom. The van der Waals surface area contributed by atoms with E-state index in [0.717, 1.165) is 11.5 Å². The van der Waals surface area contributed by atoms with Crippen molar-refractivity contribution >= 4 is 5.97 Å². The summed E-state index contributed by atoms with van der Waals surface area (Å²) in [6, 6.07) is 14.6. The Labute approximate surface area is 165 Å². The van der Waals surface area contributed by atoms with Crippen LogP contribution in [0, 0.1) is 0 Å². The SMILES string of the molecule is CC.CC1OC(=O)c2ccccc21.CCC(CC)c1ccc2c(c1)CCC2. The molecule has 2 heteroatoms. The number of benzene rings is 2. The molecule has 0 amide bonds. The third kappa shape index (κ3) is 5.00. The van der Waals surface area contributed by atoms with Crippen LogP contribution in [-0.2, 0) is 17.6 Å². The average Bonchev–Trinajstić information content (AvgIpc) is 3.29. The van der Waals surface area contributed by atoms with Crippen molar-refractivity contribution in [3.05, 3.63) is 70.3 Å². The summed E-state index contributed by atoms with van der Waals surface area (Å²) in [6.45, 7) is 10.5. The molecule has 0 N–H and O–H groups in total. The second-order valence-electron chi connectivity index (χ2n) is 7.03. The van der Waals surface area contributed by atoms with E-state index in [9.17, 15) is 4.79 Å². The van der Waals surface area contributed by atoms with E-state index in [-0.39, 0.29) is 12.1 Å². The molecule has 0 aromatic heterocycles. The van der Waals surface area contributed by atoms with E-state index < -0.39 is 0 Å². The predicted molar refractivity (Wildman–Crippen MR) is 113 cm³/mol. The fourth-order valence-corrected chi connectivity index (χ4v) is 3.93. The summed E-state index contributed by atoms with van der Waals surface area (Å²) in [6.07, 6.45) is 6.45. The molecular formula is C25H34O2. The van der Waals surface area contributed by atoms with E-state index in [0.29, 0.717) is 5.56 Å². The number of carbonyl (C=O) groups is 1. The standard InChI is InChI=1S/C14H20.C9H8O2.C2H6/c1-3-11(4-2)14-9-8-12-6-5-7-13(12)10-14;1-6-7-4-2-3-5-8(7)9(10)11-6;1-2/h8-11H,3-7H2,1-2H3;2-6H,1H3;1-2H3. The van der Waals surface area contributed by atoms with Gasteiger partial charge in [0.15, 0.2) is 0 Å². The third-order valence-electron chi connectivity index (χ3n) is 5.48. The Morgan fingerprint density at radius 2 is 1.67 bits per heavy atom. The van der Waals surface area contributed by atoms with Gasteiger partial charge in [-0.2, -0.15) is 0 Å². The lowest BCUT2D eigenvalue weighted by Gasteiger charge is -2.14. The number of aryl methyl sites for hydroxylation is 2. The van der Waals surface area contributed by atoms with Gasteiger partial charge < -0.3 is 4.74 Å².